The minimum absolute atomic E-state index is 0.138. The molecule has 1 fully saturated rings. The number of rotatable bonds is 2. The Balaban J connectivity index is 1.99. The summed E-state index contributed by atoms with van der Waals surface area (Å²) in [5, 5.41) is 9.69. The second-order valence-electron chi connectivity index (χ2n) is 4.92. The van der Waals surface area contributed by atoms with Crippen molar-refractivity contribution in [1.29, 1.82) is 0 Å². The lowest BCUT2D eigenvalue weighted by Gasteiger charge is -2.34. The van der Waals surface area contributed by atoms with Crippen molar-refractivity contribution in [2.75, 3.05) is 18.8 Å². The van der Waals surface area contributed by atoms with Crippen LogP contribution in [0.25, 0.3) is 0 Å². The molecule has 1 aliphatic rings. The van der Waals surface area contributed by atoms with Crippen LogP contribution in [-0.4, -0.2) is 29.2 Å². The maximum absolute atomic E-state index is 9.69. The second-order valence-corrected chi connectivity index (χ2v) is 5.78. The first-order valence-electron chi connectivity index (χ1n) is 6.00. The van der Waals surface area contributed by atoms with Crippen molar-refractivity contribution < 1.29 is 5.11 Å². The highest BCUT2D eigenvalue weighted by molar-refractivity contribution is 9.10. The number of nitrogens with two attached hydrogens (primary N) is 1. The molecule has 94 valence electrons. The second kappa shape index (κ2) is 5.38. The molecule has 1 saturated heterocycles. The lowest BCUT2D eigenvalue weighted by Crippen LogP contribution is -2.41. The maximum Gasteiger partial charge on any atom is 0.0590 e. The highest BCUT2D eigenvalue weighted by atomic mass is 79.9. The molecular weight excluding hydrogens is 280 g/mol. The first-order chi connectivity index (χ1) is 8.06. The number of likely N-dealkylation sites (tertiary alicyclic amines) is 1. The van der Waals surface area contributed by atoms with Crippen LogP contribution in [0, 0.1) is 5.92 Å². The van der Waals surface area contributed by atoms with Gasteiger partial charge in [-0.25, -0.2) is 0 Å². The van der Waals surface area contributed by atoms with Crippen molar-refractivity contribution in [2.24, 2.45) is 5.92 Å². The van der Waals surface area contributed by atoms with E-state index in [1.165, 1.54) is 5.56 Å². The predicted molar refractivity (Wildman–Crippen MR) is 73.6 cm³/mol. The fourth-order valence-corrected chi connectivity index (χ4v) is 2.56. The molecule has 1 aromatic carbocycles. The van der Waals surface area contributed by atoms with Gasteiger partial charge in [-0.1, -0.05) is 13.0 Å². The summed E-state index contributed by atoms with van der Waals surface area (Å²) in [6.45, 7) is 4.93. The van der Waals surface area contributed by atoms with Gasteiger partial charge in [0.25, 0.3) is 0 Å². The molecule has 17 heavy (non-hydrogen) atoms. The van der Waals surface area contributed by atoms with Crippen LogP contribution in [0.3, 0.4) is 0 Å². The fourth-order valence-electron chi connectivity index (χ4n) is 2.31. The zero-order valence-electron chi connectivity index (χ0n) is 10.1. The largest absolute Gasteiger partial charge is 0.398 e. The monoisotopic (exact) mass is 298 g/mol. The van der Waals surface area contributed by atoms with Gasteiger partial charge in [0.1, 0.15) is 0 Å². The summed E-state index contributed by atoms with van der Waals surface area (Å²) in [6.07, 6.45) is 0.730. The first kappa shape index (κ1) is 12.9. The summed E-state index contributed by atoms with van der Waals surface area (Å²) < 4.78 is 0.948. The van der Waals surface area contributed by atoms with Gasteiger partial charge in [-0.15, -0.1) is 0 Å². The average molecular weight is 299 g/mol. The number of nitrogens with zero attached hydrogens (tertiary/aromatic N) is 1. The van der Waals surface area contributed by atoms with Crippen molar-refractivity contribution in [3.05, 3.63) is 28.2 Å². The first-order valence-corrected chi connectivity index (χ1v) is 6.80. The van der Waals surface area contributed by atoms with Crippen LogP contribution in [0.4, 0.5) is 5.69 Å². The number of nitrogen functional groups attached to an aromatic ring is 1. The van der Waals surface area contributed by atoms with E-state index >= 15 is 0 Å². The number of benzene rings is 1. The molecule has 2 atom stereocenters. The Hall–Kier alpha value is -0.580. The third-order valence-corrected chi connectivity index (χ3v) is 4.13. The number of halogens is 1. The van der Waals surface area contributed by atoms with Crippen LogP contribution in [0.1, 0.15) is 18.9 Å². The minimum Gasteiger partial charge on any atom is -0.398 e. The lowest BCUT2D eigenvalue weighted by atomic mass is 9.96. The molecule has 0 amide bonds. The maximum atomic E-state index is 9.69. The number of piperidine rings is 1. The summed E-state index contributed by atoms with van der Waals surface area (Å²) >= 11 is 3.40. The van der Waals surface area contributed by atoms with Gasteiger partial charge < -0.3 is 10.8 Å². The standard InChI is InChI=1S/C13H19BrN2O/c1-9-7-16(5-4-13(9)17)8-10-2-3-11(14)12(15)6-10/h2-3,6,9,13,17H,4-5,7-8,15H2,1H3. The summed E-state index contributed by atoms with van der Waals surface area (Å²) in [5.41, 5.74) is 7.89. The molecule has 0 radical (unpaired) electrons. The predicted octanol–water partition coefficient (Wildman–Crippen LogP) is 2.23. The van der Waals surface area contributed by atoms with E-state index in [9.17, 15) is 5.11 Å². The third kappa shape index (κ3) is 3.21. The van der Waals surface area contributed by atoms with Crippen molar-refractivity contribution in [3.8, 4) is 0 Å². The molecule has 3 N–H and O–H groups in total. The SMILES string of the molecule is CC1CN(Cc2ccc(Br)c(N)c2)CCC1O. The molecule has 1 heterocycles. The van der Waals surface area contributed by atoms with E-state index < -0.39 is 0 Å². The topological polar surface area (TPSA) is 49.5 Å². The van der Waals surface area contributed by atoms with Crippen LogP contribution in [-0.2, 0) is 6.54 Å². The van der Waals surface area contributed by atoms with E-state index in [-0.39, 0.29) is 6.10 Å². The van der Waals surface area contributed by atoms with Crippen molar-refractivity contribution in [3.63, 3.8) is 0 Å². The van der Waals surface area contributed by atoms with Crippen molar-refractivity contribution in [1.82, 2.24) is 4.90 Å². The summed E-state index contributed by atoms with van der Waals surface area (Å²) in [4.78, 5) is 2.38. The molecule has 0 aromatic heterocycles. The molecule has 4 heteroatoms. The average Bonchev–Trinajstić information content (AvgIpc) is 2.29. The normalized spacial score (nSPS) is 26.1. The number of aliphatic hydroxyl groups is 1. The van der Waals surface area contributed by atoms with Crippen LogP contribution in [0.15, 0.2) is 22.7 Å². The highest BCUT2D eigenvalue weighted by Gasteiger charge is 2.23. The lowest BCUT2D eigenvalue weighted by molar-refractivity contribution is 0.0320. The number of hydrogen-bond acceptors (Lipinski definition) is 3. The van der Waals surface area contributed by atoms with Crippen LogP contribution >= 0.6 is 15.9 Å². The smallest absolute Gasteiger partial charge is 0.0590 e. The number of aliphatic hydroxyl groups excluding tert-OH is 1. The van der Waals surface area contributed by atoms with Gasteiger partial charge >= 0.3 is 0 Å². The Morgan fingerprint density at radius 2 is 2.29 bits per heavy atom. The summed E-state index contributed by atoms with van der Waals surface area (Å²) in [6, 6.07) is 6.10. The fraction of sp³-hybridized carbons (Fsp3) is 0.538. The van der Waals surface area contributed by atoms with E-state index in [1.807, 2.05) is 12.1 Å². The molecule has 2 unspecified atom stereocenters. The van der Waals surface area contributed by atoms with Gasteiger partial charge in [-0.05, 0) is 46.0 Å². The van der Waals surface area contributed by atoms with Crippen LogP contribution in [0.2, 0.25) is 0 Å². The minimum atomic E-state index is -0.138. The third-order valence-electron chi connectivity index (χ3n) is 3.41. The van der Waals surface area contributed by atoms with Crippen molar-refractivity contribution >= 4 is 21.6 Å². The Bertz CT molecular complexity index is 397. The Kier molecular flexibility index (Phi) is 4.07. The Morgan fingerprint density at radius 1 is 1.53 bits per heavy atom. The zero-order chi connectivity index (χ0) is 12.4. The number of hydrogen-bond donors (Lipinski definition) is 2. The molecule has 1 aliphatic heterocycles. The van der Waals surface area contributed by atoms with Crippen LogP contribution < -0.4 is 5.73 Å². The molecule has 0 bridgehead atoms. The van der Waals surface area contributed by atoms with Gasteiger partial charge in [-0.3, -0.25) is 4.90 Å². The van der Waals surface area contributed by atoms with Gasteiger partial charge in [0, 0.05) is 29.8 Å². The quantitative estimate of drug-likeness (QED) is 0.823. The summed E-state index contributed by atoms with van der Waals surface area (Å²) in [5.74, 6) is 0.358. The van der Waals surface area contributed by atoms with Crippen molar-refractivity contribution in [2.45, 2.75) is 26.0 Å². The van der Waals surface area contributed by atoms with Gasteiger partial charge in [0.2, 0.25) is 0 Å². The Labute approximate surface area is 111 Å². The highest BCUT2D eigenvalue weighted by Crippen LogP contribution is 2.23. The van der Waals surface area contributed by atoms with E-state index in [2.05, 4.69) is 33.8 Å². The van der Waals surface area contributed by atoms with Crippen LogP contribution in [0.5, 0.6) is 0 Å². The van der Waals surface area contributed by atoms with Gasteiger partial charge in [0.05, 0.1) is 6.10 Å². The Morgan fingerprint density at radius 3 is 2.94 bits per heavy atom. The molecule has 0 aliphatic carbocycles. The van der Waals surface area contributed by atoms with E-state index in [0.29, 0.717) is 5.92 Å². The molecule has 0 spiro atoms. The summed E-state index contributed by atoms with van der Waals surface area (Å²) in [7, 11) is 0. The zero-order valence-corrected chi connectivity index (χ0v) is 11.7. The van der Waals surface area contributed by atoms with Gasteiger partial charge in [-0.2, -0.15) is 0 Å². The molecule has 0 saturated carbocycles. The van der Waals surface area contributed by atoms with E-state index in [4.69, 9.17) is 5.73 Å². The molecular formula is C13H19BrN2O. The molecule has 2 rings (SSSR count). The van der Waals surface area contributed by atoms with E-state index in [1.54, 1.807) is 0 Å². The van der Waals surface area contributed by atoms with E-state index in [0.717, 1.165) is 36.2 Å². The molecule has 1 aromatic rings. The molecule has 3 nitrogen and oxygen atoms in total. The van der Waals surface area contributed by atoms with Gasteiger partial charge in [0.15, 0.2) is 0 Å². The number of anilines is 1.